The molecule has 6 heteroatoms. The van der Waals surface area contributed by atoms with Crippen molar-refractivity contribution in [1.29, 1.82) is 0 Å². The molecule has 0 fully saturated rings. The van der Waals surface area contributed by atoms with E-state index in [-0.39, 0.29) is 11.8 Å². The lowest BCUT2D eigenvalue weighted by atomic mass is 10.3. The zero-order valence-electron chi connectivity index (χ0n) is 11.2. The summed E-state index contributed by atoms with van der Waals surface area (Å²) in [6.07, 6.45) is 2.29. The first kappa shape index (κ1) is 16.8. The van der Waals surface area contributed by atoms with E-state index in [0.29, 0.717) is 19.4 Å². The Morgan fingerprint density at radius 2 is 2.00 bits per heavy atom. The number of nitrogens with one attached hydrogen (secondary N) is 2. The molecule has 0 radical (unpaired) electrons. The molecule has 2 N–H and O–H groups in total. The van der Waals surface area contributed by atoms with Gasteiger partial charge in [-0.2, -0.15) is 0 Å². The predicted molar refractivity (Wildman–Crippen MR) is 70.7 cm³/mol. The third-order valence-electron chi connectivity index (χ3n) is 2.40. The maximum absolute atomic E-state index is 11.7. The van der Waals surface area contributed by atoms with Gasteiger partial charge < -0.3 is 10.1 Å². The highest BCUT2D eigenvalue weighted by Crippen LogP contribution is 1.98. The van der Waals surface area contributed by atoms with E-state index in [1.165, 1.54) is 0 Å². The van der Waals surface area contributed by atoms with Crippen LogP contribution in [0.5, 0.6) is 0 Å². The molecule has 1 unspecified atom stereocenters. The summed E-state index contributed by atoms with van der Waals surface area (Å²) in [4.78, 5) is 0. The van der Waals surface area contributed by atoms with E-state index in [2.05, 4.69) is 10.0 Å². The molecule has 0 spiro atoms. The molecule has 1 atom stereocenters. The van der Waals surface area contributed by atoms with Crippen LogP contribution in [0.2, 0.25) is 0 Å². The lowest BCUT2D eigenvalue weighted by Gasteiger charge is -2.13. The summed E-state index contributed by atoms with van der Waals surface area (Å²) in [6, 6.07) is -0.0614. The van der Waals surface area contributed by atoms with E-state index < -0.39 is 10.0 Å². The van der Waals surface area contributed by atoms with E-state index in [0.717, 1.165) is 19.5 Å². The van der Waals surface area contributed by atoms with Crippen molar-refractivity contribution in [2.24, 2.45) is 0 Å². The Balaban J connectivity index is 3.72. The minimum Gasteiger partial charge on any atom is -0.385 e. The first-order valence-corrected chi connectivity index (χ1v) is 7.86. The molecule has 0 aliphatic rings. The van der Waals surface area contributed by atoms with Crippen LogP contribution in [0.1, 0.15) is 33.1 Å². The molecular formula is C11H26N2O3S. The molecule has 104 valence electrons. The van der Waals surface area contributed by atoms with Crippen molar-refractivity contribution in [2.75, 3.05) is 32.6 Å². The number of methoxy groups -OCH3 is 1. The Hall–Kier alpha value is -0.170. The summed E-state index contributed by atoms with van der Waals surface area (Å²) in [5.74, 6) is 0.204. The van der Waals surface area contributed by atoms with Crippen LogP contribution < -0.4 is 10.0 Å². The number of hydrogen-bond acceptors (Lipinski definition) is 4. The minimum atomic E-state index is -3.13. The monoisotopic (exact) mass is 266 g/mol. The summed E-state index contributed by atoms with van der Waals surface area (Å²) < 4.78 is 30.9. The average Bonchev–Trinajstić information content (AvgIpc) is 2.25. The van der Waals surface area contributed by atoms with Gasteiger partial charge in [-0.3, -0.25) is 0 Å². The summed E-state index contributed by atoms with van der Waals surface area (Å²) in [6.45, 7) is 6.28. The second-order valence-electron chi connectivity index (χ2n) is 4.18. The van der Waals surface area contributed by atoms with Crippen LogP contribution in [0.25, 0.3) is 0 Å². The standard InChI is InChI=1S/C11H26N2O3S/c1-4-12-8-5-6-10-17(14,15)13-11(2)7-9-16-3/h11-13H,4-10H2,1-3H3. The quantitative estimate of drug-likeness (QED) is 0.541. The van der Waals surface area contributed by atoms with E-state index in [1.54, 1.807) is 7.11 Å². The lowest BCUT2D eigenvalue weighted by Crippen LogP contribution is -2.35. The molecule has 0 aliphatic carbocycles. The van der Waals surface area contributed by atoms with Crippen molar-refractivity contribution in [3.05, 3.63) is 0 Å². The first-order chi connectivity index (χ1) is 8.02. The zero-order chi connectivity index (χ0) is 13.1. The predicted octanol–water partition coefficient (Wildman–Crippen LogP) is 0.721. The van der Waals surface area contributed by atoms with Crippen molar-refractivity contribution >= 4 is 10.0 Å². The lowest BCUT2D eigenvalue weighted by molar-refractivity contribution is 0.188. The van der Waals surface area contributed by atoms with Crippen molar-refractivity contribution in [1.82, 2.24) is 10.0 Å². The highest BCUT2D eigenvalue weighted by atomic mass is 32.2. The third kappa shape index (κ3) is 10.7. The van der Waals surface area contributed by atoms with Crippen LogP contribution >= 0.6 is 0 Å². The number of hydrogen-bond donors (Lipinski definition) is 2. The van der Waals surface area contributed by atoms with Gasteiger partial charge in [0.2, 0.25) is 10.0 Å². The number of ether oxygens (including phenoxy) is 1. The smallest absolute Gasteiger partial charge is 0.211 e. The molecule has 0 saturated heterocycles. The van der Waals surface area contributed by atoms with Crippen LogP contribution in [0, 0.1) is 0 Å². The van der Waals surface area contributed by atoms with Gasteiger partial charge in [0.05, 0.1) is 5.75 Å². The zero-order valence-corrected chi connectivity index (χ0v) is 12.0. The molecule has 17 heavy (non-hydrogen) atoms. The van der Waals surface area contributed by atoms with E-state index in [1.807, 2.05) is 13.8 Å². The summed E-state index contributed by atoms with van der Waals surface area (Å²) >= 11 is 0. The fourth-order valence-corrected chi connectivity index (χ4v) is 2.87. The molecular weight excluding hydrogens is 240 g/mol. The molecule has 0 aromatic heterocycles. The Morgan fingerprint density at radius 1 is 1.29 bits per heavy atom. The molecule has 0 saturated carbocycles. The second kappa shape index (κ2) is 9.82. The van der Waals surface area contributed by atoms with Crippen LogP contribution in [0.15, 0.2) is 0 Å². The fraction of sp³-hybridized carbons (Fsp3) is 1.00. The molecule has 0 heterocycles. The SMILES string of the molecule is CCNCCCCS(=O)(=O)NC(C)CCOC. The van der Waals surface area contributed by atoms with Crippen LogP contribution in [0.3, 0.4) is 0 Å². The Morgan fingerprint density at radius 3 is 2.59 bits per heavy atom. The maximum atomic E-state index is 11.7. The van der Waals surface area contributed by atoms with Crippen molar-refractivity contribution < 1.29 is 13.2 Å². The van der Waals surface area contributed by atoms with Gasteiger partial charge in [-0.1, -0.05) is 6.92 Å². The first-order valence-electron chi connectivity index (χ1n) is 6.21. The fourth-order valence-electron chi connectivity index (χ4n) is 1.44. The topological polar surface area (TPSA) is 67.4 Å². The van der Waals surface area contributed by atoms with E-state index in [9.17, 15) is 8.42 Å². The Bertz CT molecular complexity index is 268. The summed E-state index contributed by atoms with van der Waals surface area (Å²) in [5, 5.41) is 3.17. The van der Waals surface area contributed by atoms with Gasteiger partial charge in [-0.05, 0) is 39.3 Å². The minimum absolute atomic E-state index is 0.0614. The third-order valence-corrected chi connectivity index (χ3v) is 3.99. The number of rotatable bonds is 11. The van der Waals surface area contributed by atoms with E-state index >= 15 is 0 Å². The van der Waals surface area contributed by atoms with Gasteiger partial charge >= 0.3 is 0 Å². The summed E-state index contributed by atoms with van der Waals surface area (Å²) in [5.41, 5.74) is 0. The van der Waals surface area contributed by atoms with Crippen molar-refractivity contribution in [3.8, 4) is 0 Å². The van der Waals surface area contributed by atoms with Gasteiger partial charge in [-0.15, -0.1) is 0 Å². The van der Waals surface area contributed by atoms with Gasteiger partial charge in [-0.25, -0.2) is 13.1 Å². The average molecular weight is 266 g/mol. The van der Waals surface area contributed by atoms with Crippen molar-refractivity contribution in [2.45, 2.75) is 39.2 Å². The van der Waals surface area contributed by atoms with Gasteiger partial charge in [0.1, 0.15) is 0 Å². The maximum Gasteiger partial charge on any atom is 0.211 e. The highest BCUT2D eigenvalue weighted by molar-refractivity contribution is 7.89. The molecule has 0 aliphatic heterocycles. The Kier molecular flexibility index (Phi) is 9.72. The number of unbranched alkanes of at least 4 members (excludes halogenated alkanes) is 1. The van der Waals surface area contributed by atoms with Crippen LogP contribution in [-0.4, -0.2) is 47.0 Å². The van der Waals surface area contributed by atoms with Gasteiger partial charge in [0.25, 0.3) is 0 Å². The molecule has 0 amide bonds. The second-order valence-corrected chi connectivity index (χ2v) is 6.05. The van der Waals surface area contributed by atoms with E-state index in [4.69, 9.17) is 4.74 Å². The van der Waals surface area contributed by atoms with Crippen molar-refractivity contribution in [3.63, 3.8) is 0 Å². The summed E-state index contributed by atoms with van der Waals surface area (Å²) in [7, 11) is -1.52. The molecule has 0 aromatic rings. The molecule has 0 aromatic carbocycles. The van der Waals surface area contributed by atoms with Gasteiger partial charge in [0.15, 0.2) is 0 Å². The Labute approximate surface area is 105 Å². The molecule has 0 rings (SSSR count). The highest BCUT2D eigenvalue weighted by Gasteiger charge is 2.13. The molecule has 0 bridgehead atoms. The van der Waals surface area contributed by atoms with Crippen LogP contribution in [0.4, 0.5) is 0 Å². The molecule has 5 nitrogen and oxygen atoms in total. The largest absolute Gasteiger partial charge is 0.385 e. The normalized spacial score (nSPS) is 13.8. The van der Waals surface area contributed by atoms with Crippen LogP contribution in [-0.2, 0) is 14.8 Å². The number of sulfonamides is 1. The van der Waals surface area contributed by atoms with Gasteiger partial charge in [0, 0.05) is 19.8 Å².